The van der Waals surface area contributed by atoms with Crippen molar-refractivity contribution in [2.45, 2.75) is 39.8 Å². The second kappa shape index (κ2) is 10.3. The van der Waals surface area contributed by atoms with Gasteiger partial charge >= 0.3 is 0 Å². The Kier molecular flexibility index (Phi) is 7.25. The number of carbonyl (C=O) groups is 2. The average Bonchev–Trinajstić information content (AvgIpc) is 2.86. The lowest BCUT2D eigenvalue weighted by molar-refractivity contribution is -0.141. The van der Waals surface area contributed by atoms with Crippen molar-refractivity contribution in [3.63, 3.8) is 0 Å². The predicted molar refractivity (Wildman–Crippen MR) is 138 cm³/mol. The van der Waals surface area contributed by atoms with Crippen molar-refractivity contribution in [3.05, 3.63) is 101 Å². The van der Waals surface area contributed by atoms with Crippen LogP contribution in [0.25, 0.3) is 0 Å². The van der Waals surface area contributed by atoms with Crippen LogP contribution in [-0.4, -0.2) is 41.8 Å². The first kappa shape index (κ1) is 24.5. The molecule has 0 N–H and O–H groups in total. The van der Waals surface area contributed by atoms with Gasteiger partial charge in [-0.3, -0.25) is 9.59 Å². The molecule has 0 bridgehead atoms. The van der Waals surface area contributed by atoms with Crippen molar-refractivity contribution in [2.24, 2.45) is 5.41 Å². The Balaban J connectivity index is 1.55. The van der Waals surface area contributed by atoms with Gasteiger partial charge in [0.05, 0.1) is 6.04 Å². The Morgan fingerprint density at radius 2 is 1.63 bits per heavy atom. The molecule has 0 saturated carbocycles. The summed E-state index contributed by atoms with van der Waals surface area (Å²) in [5.74, 6) is 0.674. The van der Waals surface area contributed by atoms with Gasteiger partial charge in [0, 0.05) is 25.6 Å². The molecule has 1 aliphatic rings. The summed E-state index contributed by atoms with van der Waals surface area (Å²) in [6, 6.07) is 25.8. The van der Waals surface area contributed by atoms with Gasteiger partial charge in [0.1, 0.15) is 5.75 Å². The van der Waals surface area contributed by atoms with E-state index in [1.807, 2.05) is 86.3 Å². The molecule has 0 radical (unpaired) electrons. The maximum absolute atomic E-state index is 13.4. The Morgan fingerprint density at radius 3 is 2.29 bits per heavy atom. The number of carbonyl (C=O) groups excluding carboxylic acids is 2. The predicted octanol–water partition coefficient (Wildman–Crippen LogP) is 5.24. The molecule has 35 heavy (non-hydrogen) atoms. The highest BCUT2D eigenvalue weighted by molar-refractivity contribution is 5.83. The summed E-state index contributed by atoms with van der Waals surface area (Å²) in [4.78, 5) is 29.7. The van der Waals surface area contributed by atoms with Crippen LogP contribution >= 0.6 is 0 Å². The van der Waals surface area contributed by atoms with E-state index >= 15 is 0 Å². The minimum absolute atomic E-state index is 0.0389. The molecule has 2 amide bonds. The molecule has 1 heterocycles. The zero-order valence-corrected chi connectivity index (χ0v) is 21.0. The van der Waals surface area contributed by atoms with Gasteiger partial charge in [-0.2, -0.15) is 0 Å². The molecule has 5 heteroatoms. The minimum Gasteiger partial charge on any atom is -0.484 e. The molecule has 182 valence electrons. The van der Waals surface area contributed by atoms with Crippen molar-refractivity contribution >= 4 is 11.8 Å². The van der Waals surface area contributed by atoms with Crippen molar-refractivity contribution in [3.8, 4) is 5.75 Å². The molecule has 3 aromatic carbocycles. The Hall–Kier alpha value is -3.60. The van der Waals surface area contributed by atoms with Gasteiger partial charge in [-0.05, 0) is 40.8 Å². The first-order chi connectivity index (χ1) is 16.7. The van der Waals surface area contributed by atoms with Crippen LogP contribution in [0.15, 0.2) is 78.9 Å². The number of rotatable bonds is 6. The summed E-state index contributed by atoms with van der Waals surface area (Å²) in [6.45, 7) is 7.06. The molecule has 1 unspecified atom stereocenters. The number of benzene rings is 3. The van der Waals surface area contributed by atoms with E-state index in [0.29, 0.717) is 18.8 Å². The molecule has 0 aliphatic carbocycles. The van der Waals surface area contributed by atoms with E-state index in [9.17, 15) is 9.59 Å². The smallest absolute Gasteiger partial charge is 0.260 e. The molecule has 0 fully saturated rings. The zero-order valence-electron chi connectivity index (χ0n) is 21.0. The highest BCUT2D eigenvalue weighted by Gasteiger charge is 2.37. The molecule has 0 spiro atoms. The van der Waals surface area contributed by atoms with E-state index in [1.165, 1.54) is 5.56 Å². The topological polar surface area (TPSA) is 49.9 Å². The van der Waals surface area contributed by atoms with E-state index in [0.717, 1.165) is 23.1 Å². The Labute approximate surface area is 208 Å². The molecular formula is C30H34N2O3. The molecule has 1 aliphatic heterocycles. The number of ether oxygens (including phenoxy) is 1. The lowest BCUT2D eigenvalue weighted by atomic mass is 9.85. The van der Waals surface area contributed by atoms with Crippen LogP contribution in [0.2, 0.25) is 0 Å². The summed E-state index contributed by atoms with van der Waals surface area (Å²) in [7, 11) is 1.78. The largest absolute Gasteiger partial charge is 0.484 e. The lowest BCUT2D eigenvalue weighted by Crippen LogP contribution is -2.45. The summed E-state index contributed by atoms with van der Waals surface area (Å²) >= 11 is 0. The Bertz CT molecular complexity index is 1170. The fourth-order valence-corrected chi connectivity index (χ4v) is 4.53. The summed E-state index contributed by atoms with van der Waals surface area (Å²) in [5, 5.41) is 0. The lowest BCUT2D eigenvalue weighted by Gasteiger charge is -2.41. The van der Waals surface area contributed by atoms with E-state index in [-0.39, 0.29) is 24.5 Å². The van der Waals surface area contributed by atoms with E-state index < -0.39 is 5.41 Å². The zero-order chi connectivity index (χ0) is 25.0. The molecule has 1 atom stereocenters. The molecular weight excluding hydrogens is 436 g/mol. The third-order valence-corrected chi connectivity index (χ3v) is 6.41. The highest BCUT2D eigenvalue weighted by Crippen LogP contribution is 2.39. The van der Waals surface area contributed by atoms with Crippen molar-refractivity contribution in [1.29, 1.82) is 0 Å². The van der Waals surface area contributed by atoms with Crippen LogP contribution in [0, 0.1) is 5.41 Å². The van der Waals surface area contributed by atoms with Crippen LogP contribution in [0.3, 0.4) is 0 Å². The molecule has 5 nitrogen and oxygen atoms in total. The normalized spacial score (nSPS) is 15.3. The molecule has 3 aromatic rings. The SMILES string of the molecule is CN(Cc1ccccc1)C(=O)COc1ccc2c(c1)C(c1ccccc1)N(C(=O)C(C)(C)C)CC2. The number of nitrogens with zero attached hydrogens (tertiary/aromatic N) is 2. The number of fused-ring (bicyclic) bond motifs is 1. The van der Waals surface area contributed by atoms with Gasteiger partial charge in [-0.15, -0.1) is 0 Å². The van der Waals surface area contributed by atoms with Crippen molar-refractivity contribution in [1.82, 2.24) is 9.80 Å². The van der Waals surface area contributed by atoms with Gasteiger partial charge < -0.3 is 14.5 Å². The van der Waals surface area contributed by atoms with Crippen LogP contribution in [-0.2, 0) is 22.6 Å². The monoisotopic (exact) mass is 470 g/mol. The van der Waals surface area contributed by atoms with E-state index in [4.69, 9.17) is 4.74 Å². The van der Waals surface area contributed by atoms with Crippen molar-refractivity contribution < 1.29 is 14.3 Å². The van der Waals surface area contributed by atoms with Gasteiger partial charge in [-0.25, -0.2) is 0 Å². The minimum atomic E-state index is -0.478. The van der Waals surface area contributed by atoms with Crippen LogP contribution < -0.4 is 4.74 Å². The average molecular weight is 471 g/mol. The quantitative estimate of drug-likeness (QED) is 0.495. The van der Waals surface area contributed by atoms with Gasteiger partial charge in [0.15, 0.2) is 6.61 Å². The van der Waals surface area contributed by atoms with Crippen LogP contribution in [0.5, 0.6) is 5.75 Å². The first-order valence-electron chi connectivity index (χ1n) is 12.1. The van der Waals surface area contributed by atoms with E-state index in [1.54, 1.807) is 11.9 Å². The molecule has 0 saturated heterocycles. The number of likely N-dealkylation sites (N-methyl/N-ethyl adjacent to an activating group) is 1. The standard InChI is InChI=1S/C30H34N2O3/c1-30(2,3)29(34)32-18-17-23-15-16-25(19-26(23)28(32)24-13-9-6-10-14-24)35-21-27(33)31(4)20-22-11-7-5-8-12-22/h5-16,19,28H,17-18,20-21H2,1-4H3. The maximum Gasteiger partial charge on any atom is 0.260 e. The van der Waals surface area contributed by atoms with E-state index in [2.05, 4.69) is 18.2 Å². The number of hydrogen-bond donors (Lipinski definition) is 0. The Morgan fingerprint density at radius 1 is 0.971 bits per heavy atom. The summed E-state index contributed by atoms with van der Waals surface area (Å²) in [5.41, 5.74) is 3.93. The molecule has 0 aromatic heterocycles. The fourth-order valence-electron chi connectivity index (χ4n) is 4.53. The molecule has 4 rings (SSSR count). The second-order valence-electron chi connectivity index (χ2n) is 10.2. The summed E-state index contributed by atoms with van der Waals surface area (Å²) < 4.78 is 5.95. The fraction of sp³-hybridized carbons (Fsp3) is 0.333. The second-order valence-corrected chi connectivity index (χ2v) is 10.2. The third-order valence-electron chi connectivity index (χ3n) is 6.41. The maximum atomic E-state index is 13.4. The highest BCUT2D eigenvalue weighted by atomic mass is 16.5. The number of amides is 2. The summed E-state index contributed by atoms with van der Waals surface area (Å²) in [6.07, 6.45) is 0.791. The van der Waals surface area contributed by atoms with Crippen LogP contribution in [0.1, 0.15) is 49.1 Å². The van der Waals surface area contributed by atoms with Crippen LogP contribution in [0.4, 0.5) is 0 Å². The van der Waals surface area contributed by atoms with Crippen molar-refractivity contribution in [2.75, 3.05) is 20.2 Å². The van der Waals surface area contributed by atoms with Gasteiger partial charge in [0.2, 0.25) is 5.91 Å². The van der Waals surface area contributed by atoms with Gasteiger partial charge in [0.25, 0.3) is 5.91 Å². The van der Waals surface area contributed by atoms with Gasteiger partial charge in [-0.1, -0.05) is 87.5 Å². The third kappa shape index (κ3) is 5.73. The first-order valence-corrected chi connectivity index (χ1v) is 12.1. The number of hydrogen-bond acceptors (Lipinski definition) is 3.